The summed E-state index contributed by atoms with van der Waals surface area (Å²) in [7, 11) is 3.13. The molecule has 2 aromatic carbocycles. The van der Waals surface area contributed by atoms with Crippen LogP contribution in [-0.4, -0.2) is 46.9 Å². The van der Waals surface area contributed by atoms with Gasteiger partial charge in [-0.1, -0.05) is 12.1 Å². The van der Waals surface area contributed by atoms with Crippen molar-refractivity contribution >= 4 is 10.9 Å². The van der Waals surface area contributed by atoms with Crippen LogP contribution in [0.15, 0.2) is 29.1 Å². The number of phenolic OH excluding ortho intramolecular Hbond substituents is 1. The molecule has 2 heterocycles. The van der Waals surface area contributed by atoms with Gasteiger partial charge < -0.3 is 14.6 Å². The van der Waals surface area contributed by atoms with E-state index < -0.39 is 0 Å². The molecule has 0 unspecified atom stereocenters. The van der Waals surface area contributed by atoms with Crippen LogP contribution in [0.1, 0.15) is 22.5 Å². The third-order valence-electron chi connectivity index (χ3n) is 5.79. The molecule has 0 radical (unpaired) electrons. The van der Waals surface area contributed by atoms with E-state index in [2.05, 4.69) is 4.90 Å². The normalized spacial score (nSPS) is 14.4. The van der Waals surface area contributed by atoms with Gasteiger partial charge in [0.25, 0.3) is 5.56 Å². The summed E-state index contributed by atoms with van der Waals surface area (Å²) < 4.78 is 12.5. The zero-order valence-corrected chi connectivity index (χ0v) is 17.9. The molecule has 1 aliphatic heterocycles. The minimum atomic E-state index is -0.0471. The Morgan fingerprint density at radius 1 is 1.00 bits per heavy atom. The Bertz CT molecular complexity index is 1150. The van der Waals surface area contributed by atoms with Crippen LogP contribution in [0.25, 0.3) is 10.9 Å². The second kappa shape index (κ2) is 7.99. The van der Waals surface area contributed by atoms with Crippen molar-refractivity contribution in [3.63, 3.8) is 0 Å². The van der Waals surface area contributed by atoms with Crippen LogP contribution in [0.2, 0.25) is 0 Å². The molecule has 30 heavy (non-hydrogen) atoms. The molecule has 7 nitrogen and oxygen atoms in total. The average molecular weight is 409 g/mol. The smallest absolute Gasteiger partial charge is 0.261 e. The Morgan fingerprint density at radius 2 is 1.67 bits per heavy atom. The number of aromatic nitrogens is 2. The number of ether oxygens (including phenoxy) is 2. The highest BCUT2D eigenvalue weighted by atomic mass is 16.5. The van der Waals surface area contributed by atoms with Gasteiger partial charge in [-0.05, 0) is 36.6 Å². The van der Waals surface area contributed by atoms with Gasteiger partial charge in [0, 0.05) is 38.7 Å². The van der Waals surface area contributed by atoms with Gasteiger partial charge in [-0.15, -0.1) is 0 Å². The maximum absolute atomic E-state index is 13.2. The van der Waals surface area contributed by atoms with E-state index >= 15 is 0 Å². The van der Waals surface area contributed by atoms with Gasteiger partial charge in [-0.2, -0.15) is 0 Å². The maximum atomic E-state index is 13.2. The van der Waals surface area contributed by atoms with Crippen molar-refractivity contribution in [3.05, 3.63) is 57.1 Å². The monoisotopic (exact) mass is 409 g/mol. The first-order valence-corrected chi connectivity index (χ1v) is 10.1. The quantitative estimate of drug-likeness (QED) is 0.714. The zero-order valence-electron chi connectivity index (χ0n) is 17.9. The summed E-state index contributed by atoms with van der Waals surface area (Å²) in [5.41, 5.74) is 3.51. The molecular formula is C23H27N3O4. The summed E-state index contributed by atoms with van der Waals surface area (Å²) in [6.45, 7) is 6.76. The standard InChI is InChI=1S/C23H27N3O4/c1-14-9-16(10-15(2)22(14)27)13-25-6-5-21-24-18-12-20(30-4)19(29-3)11-17(18)23(28)26(21)8-7-25/h9-12,27H,5-8,13H2,1-4H3. The topological polar surface area (TPSA) is 76.8 Å². The van der Waals surface area contributed by atoms with Crippen molar-refractivity contribution in [1.82, 2.24) is 14.5 Å². The summed E-state index contributed by atoms with van der Waals surface area (Å²) in [5, 5.41) is 10.6. The Balaban J connectivity index is 1.64. The van der Waals surface area contributed by atoms with Crippen LogP contribution in [0, 0.1) is 13.8 Å². The van der Waals surface area contributed by atoms with E-state index in [1.807, 2.05) is 26.0 Å². The molecule has 1 N–H and O–H groups in total. The lowest BCUT2D eigenvalue weighted by Gasteiger charge is -2.20. The first kappa shape index (κ1) is 20.2. The largest absolute Gasteiger partial charge is 0.507 e. The number of nitrogens with zero attached hydrogens (tertiary/aromatic N) is 3. The molecule has 1 aromatic heterocycles. The van der Waals surface area contributed by atoms with Gasteiger partial charge in [0.15, 0.2) is 11.5 Å². The van der Waals surface area contributed by atoms with Crippen LogP contribution < -0.4 is 15.0 Å². The minimum absolute atomic E-state index is 0.0471. The Hall–Kier alpha value is -3.06. The first-order chi connectivity index (χ1) is 14.4. The molecular weight excluding hydrogens is 382 g/mol. The molecule has 0 amide bonds. The number of fused-ring (bicyclic) bond motifs is 2. The summed E-state index contributed by atoms with van der Waals surface area (Å²) in [6.07, 6.45) is 0.690. The molecule has 7 heteroatoms. The van der Waals surface area contributed by atoms with Crippen molar-refractivity contribution in [2.45, 2.75) is 33.4 Å². The lowest BCUT2D eigenvalue weighted by molar-refractivity contribution is 0.271. The Kier molecular flexibility index (Phi) is 5.39. The third kappa shape index (κ3) is 3.61. The van der Waals surface area contributed by atoms with E-state index in [1.165, 1.54) is 0 Å². The van der Waals surface area contributed by atoms with Crippen molar-refractivity contribution in [2.75, 3.05) is 27.3 Å². The number of phenols is 1. The van der Waals surface area contributed by atoms with Crippen LogP contribution in [0.3, 0.4) is 0 Å². The van der Waals surface area contributed by atoms with E-state index in [0.29, 0.717) is 41.1 Å². The van der Waals surface area contributed by atoms with Gasteiger partial charge in [-0.25, -0.2) is 4.98 Å². The van der Waals surface area contributed by atoms with Gasteiger partial charge in [0.1, 0.15) is 11.6 Å². The van der Waals surface area contributed by atoms with Gasteiger partial charge in [-0.3, -0.25) is 14.3 Å². The molecule has 0 aliphatic carbocycles. The predicted molar refractivity (Wildman–Crippen MR) is 116 cm³/mol. The maximum Gasteiger partial charge on any atom is 0.261 e. The third-order valence-corrected chi connectivity index (χ3v) is 5.79. The molecule has 4 rings (SSSR count). The highest BCUT2D eigenvalue weighted by Crippen LogP contribution is 2.30. The highest BCUT2D eigenvalue weighted by Gasteiger charge is 2.20. The van der Waals surface area contributed by atoms with Crippen LogP contribution in [-0.2, 0) is 19.5 Å². The fourth-order valence-electron chi connectivity index (χ4n) is 4.18. The van der Waals surface area contributed by atoms with E-state index in [4.69, 9.17) is 14.5 Å². The van der Waals surface area contributed by atoms with Gasteiger partial charge in [0.2, 0.25) is 0 Å². The van der Waals surface area contributed by atoms with E-state index in [1.54, 1.807) is 30.9 Å². The van der Waals surface area contributed by atoms with E-state index in [0.717, 1.165) is 42.1 Å². The van der Waals surface area contributed by atoms with Crippen molar-refractivity contribution in [3.8, 4) is 17.2 Å². The van der Waals surface area contributed by atoms with Crippen molar-refractivity contribution in [2.24, 2.45) is 0 Å². The first-order valence-electron chi connectivity index (χ1n) is 10.1. The number of hydrogen-bond acceptors (Lipinski definition) is 6. The van der Waals surface area contributed by atoms with Gasteiger partial charge in [0.05, 0.1) is 25.1 Å². The number of hydrogen-bond donors (Lipinski definition) is 1. The fourth-order valence-corrected chi connectivity index (χ4v) is 4.18. The average Bonchev–Trinajstić information content (AvgIpc) is 2.93. The number of aryl methyl sites for hydroxylation is 2. The van der Waals surface area contributed by atoms with Crippen molar-refractivity contribution in [1.29, 1.82) is 0 Å². The molecule has 0 saturated heterocycles. The molecule has 0 spiro atoms. The second-order valence-corrected chi connectivity index (χ2v) is 7.81. The molecule has 0 bridgehead atoms. The highest BCUT2D eigenvalue weighted by molar-refractivity contribution is 5.82. The molecule has 0 atom stereocenters. The van der Waals surface area contributed by atoms with Crippen LogP contribution >= 0.6 is 0 Å². The Morgan fingerprint density at radius 3 is 2.33 bits per heavy atom. The molecule has 1 aliphatic rings. The number of rotatable bonds is 4. The van der Waals surface area contributed by atoms with Crippen LogP contribution in [0.4, 0.5) is 0 Å². The summed E-state index contributed by atoms with van der Waals surface area (Å²) in [6, 6.07) is 7.53. The zero-order chi connectivity index (χ0) is 21.4. The summed E-state index contributed by atoms with van der Waals surface area (Å²) in [4.78, 5) is 20.3. The summed E-state index contributed by atoms with van der Waals surface area (Å²) in [5.74, 6) is 2.24. The lowest BCUT2D eigenvalue weighted by atomic mass is 10.1. The predicted octanol–water partition coefficient (Wildman–Crippen LogP) is 2.79. The van der Waals surface area contributed by atoms with E-state index in [-0.39, 0.29) is 5.56 Å². The van der Waals surface area contributed by atoms with E-state index in [9.17, 15) is 9.90 Å². The van der Waals surface area contributed by atoms with Gasteiger partial charge >= 0.3 is 0 Å². The minimum Gasteiger partial charge on any atom is -0.507 e. The Labute approximate surface area is 175 Å². The SMILES string of the molecule is COc1cc2nc3n(c(=O)c2cc1OC)CCN(Cc1cc(C)c(O)c(C)c1)CC3. The lowest BCUT2D eigenvalue weighted by Crippen LogP contribution is -2.28. The summed E-state index contributed by atoms with van der Waals surface area (Å²) >= 11 is 0. The molecule has 0 fully saturated rings. The fraction of sp³-hybridized carbons (Fsp3) is 0.391. The molecule has 158 valence electrons. The second-order valence-electron chi connectivity index (χ2n) is 7.81. The number of benzene rings is 2. The van der Waals surface area contributed by atoms with Crippen molar-refractivity contribution < 1.29 is 14.6 Å². The number of aromatic hydroxyl groups is 1. The molecule has 3 aromatic rings. The van der Waals surface area contributed by atoms with Crippen LogP contribution in [0.5, 0.6) is 17.2 Å². The molecule has 0 saturated carbocycles. The number of methoxy groups -OCH3 is 2.